The minimum Gasteiger partial charge on any atom is -0.343 e. The zero-order valence-corrected chi connectivity index (χ0v) is 15.2. The SMILES string of the molecule is Cc1cccc(N2C(=O)NC(=O)/C(=C\c3cccn3C(C)(C)C)C2=O)c1. The predicted octanol–water partition coefficient (Wildman–Crippen LogP) is 3.22. The summed E-state index contributed by atoms with van der Waals surface area (Å²) in [4.78, 5) is 38.4. The van der Waals surface area contributed by atoms with Crippen molar-refractivity contribution in [2.75, 3.05) is 4.90 Å². The van der Waals surface area contributed by atoms with Crippen molar-refractivity contribution >= 4 is 29.6 Å². The van der Waals surface area contributed by atoms with E-state index in [-0.39, 0.29) is 11.1 Å². The summed E-state index contributed by atoms with van der Waals surface area (Å²) >= 11 is 0. The molecule has 26 heavy (non-hydrogen) atoms. The summed E-state index contributed by atoms with van der Waals surface area (Å²) in [5, 5.41) is 2.25. The number of benzene rings is 1. The van der Waals surface area contributed by atoms with Crippen LogP contribution in [0, 0.1) is 6.92 Å². The maximum Gasteiger partial charge on any atom is 0.335 e. The zero-order chi connectivity index (χ0) is 19.1. The molecular weight excluding hydrogens is 330 g/mol. The van der Waals surface area contributed by atoms with Gasteiger partial charge in [-0.25, -0.2) is 9.69 Å². The number of anilines is 1. The fourth-order valence-electron chi connectivity index (χ4n) is 2.93. The third kappa shape index (κ3) is 3.18. The van der Waals surface area contributed by atoms with Crippen LogP contribution >= 0.6 is 0 Å². The number of imide groups is 2. The van der Waals surface area contributed by atoms with E-state index in [0.717, 1.165) is 16.2 Å². The molecular formula is C20H21N3O3. The van der Waals surface area contributed by atoms with Crippen molar-refractivity contribution in [2.45, 2.75) is 33.2 Å². The zero-order valence-electron chi connectivity index (χ0n) is 15.2. The van der Waals surface area contributed by atoms with Crippen LogP contribution < -0.4 is 10.2 Å². The average molecular weight is 351 g/mol. The molecule has 1 saturated heterocycles. The molecule has 0 bridgehead atoms. The molecule has 0 atom stereocenters. The Morgan fingerprint density at radius 2 is 1.77 bits per heavy atom. The van der Waals surface area contributed by atoms with Crippen molar-refractivity contribution in [3.8, 4) is 0 Å². The molecule has 1 fully saturated rings. The number of urea groups is 1. The fraction of sp³-hybridized carbons (Fsp3) is 0.250. The number of rotatable bonds is 2. The first-order valence-electron chi connectivity index (χ1n) is 8.34. The largest absolute Gasteiger partial charge is 0.343 e. The Hall–Kier alpha value is -3.15. The molecule has 1 aliphatic heterocycles. The lowest BCUT2D eigenvalue weighted by Gasteiger charge is -2.27. The van der Waals surface area contributed by atoms with Crippen molar-refractivity contribution in [1.29, 1.82) is 0 Å². The van der Waals surface area contributed by atoms with E-state index in [4.69, 9.17) is 0 Å². The number of hydrogen-bond donors (Lipinski definition) is 1. The molecule has 134 valence electrons. The van der Waals surface area contributed by atoms with Crippen LogP contribution in [0.2, 0.25) is 0 Å². The number of aryl methyl sites for hydroxylation is 1. The van der Waals surface area contributed by atoms with Crippen molar-refractivity contribution in [3.63, 3.8) is 0 Å². The molecule has 2 aromatic rings. The van der Waals surface area contributed by atoms with Crippen LogP contribution in [0.15, 0.2) is 48.2 Å². The quantitative estimate of drug-likeness (QED) is 0.667. The summed E-state index contributed by atoms with van der Waals surface area (Å²) < 4.78 is 1.97. The number of nitrogens with zero attached hydrogens (tertiary/aromatic N) is 2. The van der Waals surface area contributed by atoms with Gasteiger partial charge in [0, 0.05) is 17.4 Å². The standard InChI is InChI=1S/C20H21N3O3/c1-13-7-5-8-15(11-13)23-18(25)16(17(24)21-19(23)26)12-14-9-6-10-22(14)20(2,3)4/h5-12H,1-4H3,(H,21,24,26)/b16-12+. The van der Waals surface area contributed by atoms with Gasteiger partial charge in [-0.2, -0.15) is 0 Å². The molecule has 0 aliphatic carbocycles. The van der Waals surface area contributed by atoms with Gasteiger partial charge in [0.25, 0.3) is 11.8 Å². The van der Waals surface area contributed by atoms with Gasteiger partial charge in [-0.3, -0.25) is 14.9 Å². The smallest absolute Gasteiger partial charge is 0.335 e. The number of aromatic nitrogens is 1. The van der Waals surface area contributed by atoms with Crippen LogP contribution in [0.4, 0.5) is 10.5 Å². The van der Waals surface area contributed by atoms with Gasteiger partial charge in [0.05, 0.1) is 5.69 Å². The molecule has 1 N–H and O–H groups in total. The van der Waals surface area contributed by atoms with E-state index >= 15 is 0 Å². The van der Waals surface area contributed by atoms with Gasteiger partial charge >= 0.3 is 6.03 Å². The lowest BCUT2D eigenvalue weighted by Crippen LogP contribution is -2.54. The van der Waals surface area contributed by atoms with Crippen LogP contribution in [0.1, 0.15) is 32.0 Å². The van der Waals surface area contributed by atoms with Crippen LogP contribution in [0.3, 0.4) is 0 Å². The second kappa shape index (κ2) is 6.29. The summed E-state index contributed by atoms with van der Waals surface area (Å²) in [5.41, 5.74) is 1.77. The Kier molecular flexibility index (Phi) is 4.28. The summed E-state index contributed by atoms with van der Waals surface area (Å²) in [6.07, 6.45) is 3.42. The Bertz CT molecular complexity index is 932. The van der Waals surface area contributed by atoms with E-state index in [1.54, 1.807) is 18.2 Å². The first-order chi connectivity index (χ1) is 12.2. The molecule has 3 rings (SSSR count). The highest BCUT2D eigenvalue weighted by molar-refractivity contribution is 6.39. The first kappa shape index (κ1) is 17.7. The van der Waals surface area contributed by atoms with Crippen molar-refractivity contribution < 1.29 is 14.4 Å². The maximum atomic E-state index is 12.9. The molecule has 0 unspecified atom stereocenters. The summed E-state index contributed by atoms with van der Waals surface area (Å²) in [5.74, 6) is -1.32. The topological polar surface area (TPSA) is 71.4 Å². The molecule has 0 spiro atoms. The number of hydrogen-bond acceptors (Lipinski definition) is 3. The van der Waals surface area contributed by atoms with E-state index in [9.17, 15) is 14.4 Å². The normalized spacial score (nSPS) is 17.0. The molecule has 2 heterocycles. The second-order valence-electron chi connectivity index (χ2n) is 7.27. The Balaban J connectivity index is 2.05. The molecule has 6 heteroatoms. The minimum absolute atomic E-state index is 0.0738. The number of nitrogens with one attached hydrogen (secondary N) is 1. The van der Waals surface area contributed by atoms with Gasteiger partial charge in [0.2, 0.25) is 0 Å². The number of barbiturate groups is 1. The third-order valence-electron chi connectivity index (χ3n) is 4.16. The van der Waals surface area contributed by atoms with Crippen LogP contribution in [0.25, 0.3) is 6.08 Å². The van der Waals surface area contributed by atoms with Crippen molar-refractivity contribution in [3.05, 3.63) is 59.4 Å². The van der Waals surface area contributed by atoms with Crippen LogP contribution in [-0.4, -0.2) is 22.4 Å². The predicted molar refractivity (Wildman–Crippen MR) is 99.6 cm³/mol. The van der Waals surface area contributed by atoms with Crippen LogP contribution in [-0.2, 0) is 15.1 Å². The second-order valence-corrected chi connectivity index (χ2v) is 7.27. The summed E-state index contributed by atoms with van der Waals surface area (Å²) in [7, 11) is 0. The minimum atomic E-state index is -0.742. The number of carbonyl (C=O) groups is 3. The van der Waals surface area contributed by atoms with Gasteiger partial charge in [-0.1, -0.05) is 12.1 Å². The Labute approximate surface area is 152 Å². The fourth-order valence-corrected chi connectivity index (χ4v) is 2.93. The maximum absolute atomic E-state index is 12.9. The highest BCUT2D eigenvalue weighted by Crippen LogP contribution is 2.24. The van der Waals surface area contributed by atoms with E-state index in [2.05, 4.69) is 5.32 Å². The molecule has 4 amide bonds. The third-order valence-corrected chi connectivity index (χ3v) is 4.16. The number of amides is 4. The molecule has 0 radical (unpaired) electrons. The van der Waals surface area contributed by atoms with E-state index in [1.165, 1.54) is 6.08 Å². The van der Waals surface area contributed by atoms with Gasteiger partial charge in [-0.15, -0.1) is 0 Å². The van der Waals surface area contributed by atoms with Crippen LogP contribution in [0.5, 0.6) is 0 Å². The summed E-state index contributed by atoms with van der Waals surface area (Å²) in [6, 6.07) is 9.95. The summed E-state index contributed by atoms with van der Waals surface area (Å²) in [6.45, 7) is 7.95. The van der Waals surface area contributed by atoms with E-state index < -0.39 is 17.8 Å². The highest BCUT2D eigenvalue weighted by atomic mass is 16.2. The molecule has 6 nitrogen and oxygen atoms in total. The molecule has 1 aromatic carbocycles. The van der Waals surface area contributed by atoms with Gasteiger partial charge in [0.15, 0.2) is 0 Å². The average Bonchev–Trinajstić information content (AvgIpc) is 3.00. The first-order valence-corrected chi connectivity index (χ1v) is 8.34. The Morgan fingerprint density at radius 1 is 1.04 bits per heavy atom. The molecule has 1 aliphatic rings. The highest BCUT2D eigenvalue weighted by Gasteiger charge is 2.37. The van der Waals surface area contributed by atoms with Gasteiger partial charge in [0.1, 0.15) is 5.57 Å². The van der Waals surface area contributed by atoms with Crippen molar-refractivity contribution in [2.24, 2.45) is 0 Å². The Morgan fingerprint density at radius 3 is 2.42 bits per heavy atom. The molecule has 0 saturated carbocycles. The van der Waals surface area contributed by atoms with Gasteiger partial charge < -0.3 is 4.57 Å². The van der Waals surface area contributed by atoms with E-state index in [1.807, 2.05) is 56.7 Å². The lowest BCUT2D eigenvalue weighted by atomic mass is 10.1. The van der Waals surface area contributed by atoms with E-state index in [0.29, 0.717) is 5.69 Å². The van der Waals surface area contributed by atoms with Crippen molar-refractivity contribution in [1.82, 2.24) is 9.88 Å². The molecule has 1 aromatic heterocycles. The number of carbonyl (C=O) groups excluding carboxylic acids is 3. The van der Waals surface area contributed by atoms with Gasteiger partial charge in [-0.05, 0) is 63.6 Å². The monoisotopic (exact) mass is 351 g/mol. The lowest BCUT2D eigenvalue weighted by molar-refractivity contribution is -0.122.